The van der Waals surface area contributed by atoms with Crippen molar-refractivity contribution in [1.29, 1.82) is 0 Å². The molecule has 0 radical (unpaired) electrons. The Morgan fingerprint density at radius 3 is 2.54 bits per heavy atom. The van der Waals surface area contributed by atoms with Crippen molar-refractivity contribution in [3.05, 3.63) is 12.2 Å². The number of hydrogen-bond acceptors (Lipinski definition) is 1. The largest absolute Gasteiger partial charge is 0.317 e. The van der Waals surface area contributed by atoms with Crippen LogP contribution in [0.2, 0.25) is 0 Å². The first kappa shape index (κ1) is 12.7. The van der Waals surface area contributed by atoms with Gasteiger partial charge in [-0.05, 0) is 46.1 Å². The van der Waals surface area contributed by atoms with Gasteiger partial charge in [-0.15, -0.1) is 0 Å². The Balaban J connectivity index is 3.59. The summed E-state index contributed by atoms with van der Waals surface area (Å²) in [5, 5.41) is 3.34. The molecule has 0 saturated carbocycles. The van der Waals surface area contributed by atoms with Crippen molar-refractivity contribution < 1.29 is 0 Å². The van der Waals surface area contributed by atoms with Gasteiger partial charge in [-0.2, -0.15) is 0 Å². The number of hydrogen-bond donors (Lipinski definition) is 1. The Morgan fingerprint density at radius 2 is 2.08 bits per heavy atom. The second kappa shape index (κ2) is 8.31. The maximum Gasteiger partial charge on any atom is 0.00638 e. The Hall–Kier alpha value is -0.300. The molecule has 2 atom stereocenters. The third-order valence-electron chi connectivity index (χ3n) is 2.87. The van der Waals surface area contributed by atoms with Crippen LogP contribution in [0.5, 0.6) is 0 Å². The van der Waals surface area contributed by atoms with E-state index >= 15 is 0 Å². The normalized spacial score (nSPS) is 16.3. The van der Waals surface area contributed by atoms with Crippen LogP contribution in [-0.2, 0) is 0 Å². The van der Waals surface area contributed by atoms with Crippen LogP contribution in [0.4, 0.5) is 0 Å². The van der Waals surface area contributed by atoms with Crippen LogP contribution in [-0.4, -0.2) is 13.1 Å². The predicted molar refractivity (Wildman–Crippen MR) is 61.0 cm³/mol. The summed E-state index contributed by atoms with van der Waals surface area (Å²) in [6.45, 7) is 6.66. The minimum atomic E-state index is 0.663. The third kappa shape index (κ3) is 5.87. The average Bonchev–Trinajstić information content (AvgIpc) is 2.17. The zero-order valence-electron chi connectivity index (χ0n) is 9.64. The molecule has 13 heavy (non-hydrogen) atoms. The molecule has 0 aliphatic heterocycles. The van der Waals surface area contributed by atoms with Crippen molar-refractivity contribution >= 4 is 0 Å². The fourth-order valence-corrected chi connectivity index (χ4v) is 1.71. The lowest BCUT2D eigenvalue weighted by Crippen LogP contribution is -2.29. The monoisotopic (exact) mass is 183 g/mol. The quantitative estimate of drug-likeness (QED) is 0.471. The second-order valence-corrected chi connectivity index (χ2v) is 3.75. The minimum Gasteiger partial charge on any atom is -0.317 e. The van der Waals surface area contributed by atoms with Gasteiger partial charge >= 0.3 is 0 Å². The number of unbranched alkanes of at least 4 members (excludes halogenated alkanes) is 1. The molecule has 0 heterocycles. The molecule has 0 aliphatic rings. The molecule has 0 aromatic rings. The van der Waals surface area contributed by atoms with E-state index in [9.17, 15) is 0 Å². The molecule has 0 rings (SSSR count). The van der Waals surface area contributed by atoms with E-state index in [4.69, 9.17) is 0 Å². The molecular formula is C12H25N. The van der Waals surface area contributed by atoms with Gasteiger partial charge in [0.25, 0.3) is 0 Å². The summed E-state index contributed by atoms with van der Waals surface area (Å²) in [5.74, 6) is 0.843. The highest BCUT2D eigenvalue weighted by molar-refractivity contribution is 4.78. The first-order chi connectivity index (χ1) is 6.26. The average molecular weight is 183 g/mol. The van der Waals surface area contributed by atoms with Crippen LogP contribution in [0.3, 0.4) is 0 Å². The van der Waals surface area contributed by atoms with E-state index in [1.165, 1.54) is 25.7 Å². The van der Waals surface area contributed by atoms with E-state index in [0.29, 0.717) is 6.04 Å². The predicted octanol–water partition coefficient (Wildman–Crippen LogP) is 3.37. The second-order valence-electron chi connectivity index (χ2n) is 3.75. The summed E-state index contributed by atoms with van der Waals surface area (Å²) >= 11 is 0. The van der Waals surface area contributed by atoms with Gasteiger partial charge in [-0.25, -0.2) is 0 Å². The summed E-state index contributed by atoms with van der Waals surface area (Å²) < 4.78 is 0. The highest BCUT2D eigenvalue weighted by Crippen LogP contribution is 2.16. The summed E-state index contributed by atoms with van der Waals surface area (Å²) in [7, 11) is 2.05. The lowest BCUT2D eigenvalue weighted by Gasteiger charge is -2.21. The third-order valence-corrected chi connectivity index (χ3v) is 2.87. The Bertz CT molecular complexity index is 129. The molecule has 1 N–H and O–H groups in total. The van der Waals surface area contributed by atoms with Crippen LogP contribution in [0.15, 0.2) is 12.2 Å². The molecule has 0 saturated heterocycles. The summed E-state index contributed by atoms with van der Waals surface area (Å²) in [5.41, 5.74) is 0. The SMILES string of the molecule is CC=CCCCC(CC)C(C)NC. The fraction of sp³-hybridized carbons (Fsp3) is 0.833. The molecule has 0 bridgehead atoms. The van der Waals surface area contributed by atoms with E-state index in [0.717, 1.165) is 5.92 Å². The summed E-state index contributed by atoms with van der Waals surface area (Å²) in [4.78, 5) is 0. The molecule has 1 nitrogen and oxygen atoms in total. The number of rotatable bonds is 7. The summed E-state index contributed by atoms with van der Waals surface area (Å²) in [6.07, 6.45) is 9.61. The van der Waals surface area contributed by atoms with Crippen molar-refractivity contribution in [2.24, 2.45) is 5.92 Å². The molecule has 78 valence electrons. The molecule has 0 fully saturated rings. The van der Waals surface area contributed by atoms with Gasteiger partial charge in [0.05, 0.1) is 0 Å². The van der Waals surface area contributed by atoms with Gasteiger partial charge in [0.1, 0.15) is 0 Å². The van der Waals surface area contributed by atoms with Gasteiger partial charge in [-0.1, -0.05) is 25.5 Å². The molecule has 2 unspecified atom stereocenters. The Morgan fingerprint density at radius 1 is 1.38 bits per heavy atom. The maximum absolute atomic E-state index is 3.34. The first-order valence-electron chi connectivity index (χ1n) is 5.54. The molecule has 0 aromatic carbocycles. The van der Waals surface area contributed by atoms with Crippen molar-refractivity contribution in [1.82, 2.24) is 5.32 Å². The van der Waals surface area contributed by atoms with Gasteiger partial charge in [-0.3, -0.25) is 0 Å². The zero-order chi connectivity index (χ0) is 10.1. The Labute approximate surface area is 83.6 Å². The Kier molecular flexibility index (Phi) is 8.11. The van der Waals surface area contributed by atoms with Crippen molar-refractivity contribution in [2.45, 2.75) is 52.5 Å². The minimum absolute atomic E-state index is 0.663. The molecule has 0 spiro atoms. The van der Waals surface area contributed by atoms with Crippen LogP contribution in [0, 0.1) is 5.92 Å². The molecule has 1 heteroatoms. The lowest BCUT2D eigenvalue weighted by molar-refractivity contribution is 0.353. The lowest BCUT2D eigenvalue weighted by atomic mass is 9.92. The van der Waals surface area contributed by atoms with E-state index in [1.54, 1.807) is 0 Å². The topological polar surface area (TPSA) is 12.0 Å². The van der Waals surface area contributed by atoms with Gasteiger partial charge in [0, 0.05) is 6.04 Å². The van der Waals surface area contributed by atoms with Crippen LogP contribution in [0.25, 0.3) is 0 Å². The highest BCUT2D eigenvalue weighted by atomic mass is 14.9. The van der Waals surface area contributed by atoms with E-state index in [-0.39, 0.29) is 0 Å². The van der Waals surface area contributed by atoms with Crippen molar-refractivity contribution in [2.75, 3.05) is 7.05 Å². The zero-order valence-corrected chi connectivity index (χ0v) is 9.64. The van der Waals surface area contributed by atoms with Crippen molar-refractivity contribution in [3.8, 4) is 0 Å². The van der Waals surface area contributed by atoms with Gasteiger partial charge in [0.2, 0.25) is 0 Å². The first-order valence-corrected chi connectivity index (χ1v) is 5.54. The summed E-state index contributed by atoms with van der Waals surface area (Å²) in [6, 6.07) is 0.663. The van der Waals surface area contributed by atoms with Crippen LogP contribution in [0.1, 0.15) is 46.5 Å². The van der Waals surface area contributed by atoms with Gasteiger partial charge in [0.15, 0.2) is 0 Å². The van der Waals surface area contributed by atoms with Crippen molar-refractivity contribution in [3.63, 3.8) is 0 Å². The van der Waals surface area contributed by atoms with Crippen LogP contribution < -0.4 is 5.32 Å². The maximum atomic E-state index is 3.34. The van der Waals surface area contributed by atoms with E-state index in [1.807, 2.05) is 0 Å². The molecule has 0 amide bonds. The molecule has 0 aliphatic carbocycles. The highest BCUT2D eigenvalue weighted by Gasteiger charge is 2.12. The molecule has 0 aromatic heterocycles. The van der Waals surface area contributed by atoms with Gasteiger partial charge < -0.3 is 5.32 Å². The standard InChI is InChI=1S/C12H25N/c1-5-7-8-9-10-12(6-2)11(3)13-4/h5,7,11-13H,6,8-10H2,1-4H3. The van der Waals surface area contributed by atoms with Crippen LogP contribution >= 0.6 is 0 Å². The smallest absolute Gasteiger partial charge is 0.00638 e. The number of nitrogens with one attached hydrogen (secondary N) is 1. The fourth-order valence-electron chi connectivity index (χ4n) is 1.71. The van der Waals surface area contributed by atoms with E-state index < -0.39 is 0 Å². The number of allylic oxidation sites excluding steroid dienone is 2. The van der Waals surface area contributed by atoms with E-state index in [2.05, 4.69) is 45.3 Å². The molecular weight excluding hydrogens is 158 g/mol.